The number of hydrogen-bond donors (Lipinski definition) is 4. The molecule has 0 radical (unpaired) electrons. The highest BCUT2D eigenvalue weighted by Gasteiger charge is 2.10. The highest BCUT2D eigenvalue weighted by molar-refractivity contribution is 9.10. The van der Waals surface area contributed by atoms with Crippen molar-refractivity contribution in [2.45, 2.75) is 26.3 Å². The third kappa shape index (κ3) is 15.2. The molecule has 1 unspecified atom stereocenters. The van der Waals surface area contributed by atoms with Crippen molar-refractivity contribution in [2.24, 2.45) is 5.73 Å². The molecule has 0 aliphatic rings. The van der Waals surface area contributed by atoms with E-state index in [0.717, 1.165) is 20.8 Å². The Morgan fingerprint density at radius 2 is 1.43 bits per heavy atom. The molecule has 1 atom stereocenters. The number of carboxylic acids is 3. The highest BCUT2D eigenvalue weighted by Crippen LogP contribution is 2.17. The Hall–Kier alpha value is -2.70. The van der Waals surface area contributed by atoms with Crippen molar-refractivity contribution < 1.29 is 34.5 Å². The summed E-state index contributed by atoms with van der Waals surface area (Å²) in [5, 5.41) is 23.9. The Bertz CT molecular complexity index is 838. The van der Waals surface area contributed by atoms with Crippen molar-refractivity contribution in [1.29, 1.82) is 0 Å². The summed E-state index contributed by atoms with van der Waals surface area (Å²) in [7, 11) is 0. The van der Waals surface area contributed by atoms with Gasteiger partial charge in [-0.2, -0.15) is 0 Å². The predicted molar refractivity (Wildman–Crippen MR) is 115 cm³/mol. The van der Waals surface area contributed by atoms with E-state index in [1.165, 1.54) is 6.20 Å². The minimum absolute atomic E-state index is 0. The number of aromatic nitrogens is 2. The predicted octanol–water partition coefficient (Wildman–Crippen LogP) is 3.16. The fourth-order valence-corrected chi connectivity index (χ4v) is 2.32. The molecule has 0 fully saturated rings. The summed E-state index contributed by atoms with van der Waals surface area (Å²) in [6.07, 6.45) is 6.20. The standard InChI is InChI=1S/C8H9BrN2O2.C6H4BrNO.C3H4O4.CH4/c9-6-1-5(3-11-4-6)7(10)2-8(12)13;7-6-1-5(4-9)2-8-3-6;4-2(5)1-3(6)7;/h1,3-4,7H,2,10H2,(H,12,13);1-4H;1H2,(H,4,5)(H,6,7);1H4. The van der Waals surface area contributed by atoms with E-state index in [9.17, 15) is 19.2 Å². The van der Waals surface area contributed by atoms with Gasteiger partial charge >= 0.3 is 17.9 Å². The lowest BCUT2D eigenvalue weighted by molar-refractivity contribution is -0.147. The molecule has 0 saturated heterocycles. The van der Waals surface area contributed by atoms with Gasteiger partial charge in [0.2, 0.25) is 0 Å². The lowest BCUT2D eigenvalue weighted by Crippen LogP contribution is -2.15. The van der Waals surface area contributed by atoms with Crippen molar-refractivity contribution in [3.63, 3.8) is 0 Å². The minimum Gasteiger partial charge on any atom is -0.481 e. The molecule has 2 aromatic heterocycles. The molecule has 10 nitrogen and oxygen atoms in total. The number of carbonyl (C=O) groups is 4. The molecule has 2 heterocycles. The molecule has 0 aliphatic carbocycles. The second kappa shape index (κ2) is 16.1. The third-order valence-electron chi connectivity index (χ3n) is 2.71. The van der Waals surface area contributed by atoms with Gasteiger partial charge in [-0.25, -0.2) is 0 Å². The first-order chi connectivity index (χ1) is 13.5. The zero-order chi connectivity index (χ0) is 22.4. The first-order valence-corrected chi connectivity index (χ1v) is 9.20. The maximum absolute atomic E-state index is 10.4. The van der Waals surface area contributed by atoms with Crippen LogP contribution in [-0.4, -0.2) is 49.5 Å². The average molecular weight is 551 g/mol. The molecule has 0 bridgehead atoms. The Morgan fingerprint density at radius 1 is 0.933 bits per heavy atom. The number of halogens is 2. The number of nitrogens with zero attached hydrogens (tertiary/aromatic N) is 2. The van der Waals surface area contributed by atoms with Crippen molar-refractivity contribution in [3.8, 4) is 0 Å². The van der Waals surface area contributed by atoms with E-state index in [-0.39, 0.29) is 13.8 Å². The van der Waals surface area contributed by atoms with Crippen LogP contribution in [0.2, 0.25) is 0 Å². The van der Waals surface area contributed by atoms with Gasteiger partial charge in [-0.05, 0) is 49.6 Å². The van der Waals surface area contributed by atoms with Gasteiger partial charge in [-0.15, -0.1) is 0 Å². The fraction of sp³-hybridized carbons (Fsp3) is 0.222. The van der Waals surface area contributed by atoms with Crippen LogP contribution in [-0.2, 0) is 14.4 Å². The van der Waals surface area contributed by atoms with Crippen LogP contribution in [0.3, 0.4) is 0 Å². The first-order valence-electron chi connectivity index (χ1n) is 7.62. The van der Waals surface area contributed by atoms with Gasteiger partial charge in [0, 0.05) is 45.3 Å². The summed E-state index contributed by atoms with van der Waals surface area (Å²) in [4.78, 5) is 47.0. The zero-order valence-electron chi connectivity index (χ0n) is 14.7. The lowest BCUT2D eigenvalue weighted by atomic mass is 10.1. The molecule has 2 rings (SSSR count). The van der Waals surface area contributed by atoms with Crippen LogP contribution in [0.15, 0.2) is 45.9 Å². The van der Waals surface area contributed by atoms with Crippen LogP contribution in [0.1, 0.15) is 42.2 Å². The molecular weight excluding hydrogens is 530 g/mol. The number of carbonyl (C=O) groups excluding carboxylic acids is 1. The topological polar surface area (TPSA) is 181 Å². The van der Waals surface area contributed by atoms with Crippen LogP contribution in [0.5, 0.6) is 0 Å². The van der Waals surface area contributed by atoms with E-state index in [2.05, 4.69) is 41.8 Å². The van der Waals surface area contributed by atoms with Crippen LogP contribution in [0, 0.1) is 0 Å². The number of aliphatic carboxylic acids is 3. The van der Waals surface area contributed by atoms with Crippen molar-refractivity contribution in [1.82, 2.24) is 9.97 Å². The fourth-order valence-electron chi connectivity index (χ4n) is 1.56. The molecule has 30 heavy (non-hydrogen) atoms. The van der Waals surface area contributed by atoms with Gasteiger partial charge in [0.1, 0.15) is 6.42 Å². The summed E-state index contributed by atoms with van der Waals surface area (Å²) in [5.41, 5.74) is 6.93. The number of hydrogen-bond acceptors (Lipinski definition) is 7. The van der Waals surface area contributed by atoms with Gasteiger partial charge in [0.25, 0.3) is 0 Å². The average Bonchev–Trinajstić information content (AvgIpc) is 2.61. The maximum atomic E-state index is 10.4. The molecule has 12 heteroatoms. The molecule has 0 aromatic carbocycles. The molecule has 5 N–H and O–H groups in total. The van der Waals surface area contributed by atoms with E-state index in [1.54, 1.807) is 30.7 Å². The summed E-state index contributed by atoms with van der Waals surface area (Å²) in [5.74, 6) is -3.53. The number of carboxylic acid groups (broad SMARTS) is 3. The number of aldehydes is 1. The van der Waals surface area contributed by atoms with E-state index in [1.807, 2.05) is 0 Å². The van der Waals surface area contributed by atoms with E-state index in [0.29, 0.717) is 5.56 Å². The third-order valence-corrected chi connectivity index (χ3v) is 3.58. The second-order valence-electron chi connectivity index (χ2n) is 5.16. The van der Waals surface area contributed by atoms with Crippen molar-refractivity contribution in [2.75, 3.05) is 0 Å². The molecule has 0 saturated carbocycles. The summed E-state index contributed by atoms with van der Waals surface area (Å²) >= 11 is 6.41. The van der Waals surface area contributed by atoms with Crippen molar-refractivity contribution in [3.05, 3.63) is 57.0 Å². The van der Waals surface area contributed by atoms with Crippen LogP contribution in [0.25, 0.3) is 0 Å². The largest absolute Gasteiger partial charge is 0.481 e. The molecular formula is C18H21Br2N3O7. The normalized spacial score (nSPS) is 9.97. The summed E-state index contributed by atoms with van der Waals surface area (Å²) in [6.45, 7) is 0. The van der Waals surface area contributed by atoms with Gasteiger partial charge in [0.15, 0.2) is 6.29 Å². The Kier molecular flexibility index (Phi) is 15.9. The molecule has 0 aliphatic heterocycles. The summed E-state index contributed by atoms with van der Waals surface area (Å²) < 4.78 is 1.62. The molecule has 0 amide bonds. The SMILES string of the molecule is C.NC(CC(=O)O)c1cncc(Br)c1.O=C(O)CC(=O)O.O=Cc1cncc(Br)c1. The van der Waals surface area contributed by atoms with Gasteiger partial charge in [-0.3, -0.25) is 29.1 Å². The summed E-state index contributed by atoms with van der Waals surface area (Å²) in [6, 6.07) is 2.98. The second-order valence-corrected chi connectivity index (χ2v) is 6.99. The Labute approximate surface area is 189 Å². The smallest absolute Gasteiger partial charge is 0.314 e. The Morgan fingerprint density at radius 3 is 1.77 bits per heavy atom. The minimum atomic E-state index is -1.31. The number of pyridine rings is 2. The lowest BCUT2D eigenvalue weighted by Gasteiger charge is -2.08. The first kappa shape index (κ1) is 29.5. The highest BCUT2D eigenvalue weighted by atomic mass is 79.9. The van der Waals surface area contributed by atoms with Crippen LogP contribution in [0.4, 0.5) is 0 Å². The number of rotatable bonds is 6. The number of nitrogens with two attached hydrogens (primary N) is 1. The quantitative estimate of drug-likeness (QED) is 0.308. The van der Waals surface area contributed by atoms with Gasteiger partial charge in [0.05, 0.1) is 6.42 Å². The monoisotopic (exact) mass is 549 g/mol. The van der Waals surface area contributed by atoms with Gasteiger partial charge < -0.3 is 21.1 Å². The van der Waals surface area contributed by atoms with E-state index in [4.69, 9.17) is 21.1 Å². The maximum Gasteiger partial charge on any atom is 0.314 e. The zero-order valence-corrected chi connectivity index (χ0v) is 17.9. The van der Waals surface area contributed by atoms with E-state index >= 15 is 0 Å². The van der Waals surface area contributed by atoms with Gasteiger partial charge in [-0.1, -0.05) is 7.43 Å². The molecule has 164 valence electrons. The molecule has 2 aromatic rings. The van der Waals surface area contributed by atoms with E-state index < -0.39 is 30.4 Å². The van der Waals surface area contributed by atoms with Crippen LogP contribution < -0.4 is 5.73 Å². The Balaban J connectivity index is 0. The van der Waals surface area contributed by atoms with Crippen molar-refractivity contribution >= 4 is 56.1 Å². The van der Waals surface area contributed by atoms with Crippen LogP contribution >= 0.6 is 31.9 Å². The molecule has 0 spiro atoms.